The minimum atomic E-state index is -0.512. The van der Waals surface area contributed by atoms with E-state index >= 15 is 0 Å². The van der Waals surface area contributed by atoms with Crippen molar-refractivity contribution in [3.8, 4) is 11.5 Å². The molecule has 0 spiro atoms. The van der Waals surface area contributed by atoms with Crippen LogP contribution < -0.4 is 19.3 Å². The molecule has 0 aliphatic heterocycles. The fourth-order valence-corrected chi connectivity index (χ4v) is 3.56. The maximum Gasteiger partial charge on any atom is 0.335 e. The van der Waals surface area contributed by atoms with Gasteiger partial charge in [-0.05, 0) is 74.5 Å². The summed E-state index contributed by atoms with van der Waals surface area (Å²) >= 11 is 0. The molecule has 6 nitrogen and oxygen atoms in total. The van der Waals surface area contributed by atoms with Gasteiger partial charge in [0, 0.05) is 54.4 Å². The Balaban J connectivity index is 2.02. The van der Waals surface area contributed by atoms with Crippen molar-refractivity contribution in [1.82, 2.24) is 0 Å². The molecule has 0 unspecified atom stereocenters. The largest absolute Gasteiger partial charge is 0.426 e. The zero-order valence-corrected chi connectivity index (χ0v) is 19.9. The number of rotatable bonds is 10. The van der Waals surface area contributed by atoms with Crippen molar-refractivity contribution in [2.24, 2.45) is 0 Å². The zero-order chi connectivity index (χ0) is 24.5. The third kappa shape index (κ3) is 6.04. The number of anilines is 4. The van der Waals surface area contributed by atoms with Crippen LogP contribution in [0.25, 0.3) is 0 Å². The molecule has 3 aromatic rings. The van der Waals surface area contributed by atoms with Gasteiger partial charge in [-0.3, -0.25) is 4.79 Å². The lowest BCUT2D eigenvalue weighted by Gasteiger charge is -2.27. The summed E-state index contributed by atoms with van der Waals surface area (Å²) in [7, 11) is 0. The van der Waals surface area contributed by atoms with Crippen molar-refractivity contribution in [2.45, 2.75) is 27.2 Å². The topological polar surface area (TPSA) is 59.1 Å². The molecule has 0 saturated heterocycles. The summed E-state index contributed by atoms with van der Waals surface area (Å²) in [6, 6.07) is 22.9. The monoisotopic (exact) mass is 458 g/mol. The van der Waals surface area contributed by atoms with E-state index in [2.05, 4.69) is 49.6 Å². The number of benzene rings is 3. The molecule has 0 radical (unpaired) electrons. The zero-order valence-electron chi connectivity index (χ0n) is 19.9. The molecule has 176 valence electrons. The van der Waals surface area contributed by atoms with E-state index in [4.69, 9.17) is 9.47 Å². The predicted octanol–water partition coefficient (Wildman–Crippen LogP) is 6.41. The lowest BCUT2D eigenvalue weighted by molar-refractivity contribution is -0.134. The third-order valence-electron chi connectivity index (χ3n) is 5.31. The van der Waals surface area contributed by atoms with Crippen LogP contribution in [0.5, 0.6) is 11.5 Å². The number of esters is 2. The Morgan fingerprint density at radius 1 is 0.765 bits per heavy atom. The Morgan fingerprint density at radius 2 is 1.35 bits per heavy atom. The molecule has 0 amide bonds. The summed E-state index contributed by atoms with van der Waals surface area (Å²) in [6.07, 6.45) is 1.42. The second-order valence-corrected chi connectivity index (χ2v) is 7.47. The van der Waals surface area contributed by atoms with Crippen LogP contribution in [0.3, 0.4) is 0 Å². The first-order chi connectivity index (χ1) is 16.5. The molecule has 0 N–H and O–H groups in total. The predicted molar refractivity (Wildman–Crippen MR) is 136 cm³/mol. The molecule has 0 bridgehead atoms. The smallest absolute Gasteiger partial charge is 0.335 e. The maximum absolute atomic E-state index is 11.8. The van der Waals surface area contributed by atoms with E-state index in [9.17, 15) is 9.59 Å². The lowest BCUT2D eigenvalue weighted by atomic mass is 10.1. The van der Waals surface area contributed by atoms with E-state index in [1.807, 2.05) is 35.2 Å². The van der Waals surface area contributed by atoms with Crippen LogP contribution in [-0.2, 0) is 9.59 Å². The van der Waals surface area contributed by atoms with Crippen molar-refractivity contribution >= 4 is 34.7 Å². The minimum Gasteiger partial charge on any atom is -0.426 e. The standard InChI is InChI=1S/C28H30N2O4/c1-5-27(31)33-25-18-16-23(17-19-25)30(22-14-12-21(13-15-22)29(7-3)8-4)24-10-9-11-26(20-24)34-28(32)6-2/h5,9-20H,1,6-8H2,2-4H3. The van der Waals surface area contributed by atoms with E-state index in [1.54, 1.807) is 25.1 Å². The molecular weight excluding hydrogens is 428 g/mol. The first-order valence-electron chi connectivity index (χ1n) is 11.4. The van der Waals surface area contributed by atoms with Crippen LogP contribution >= 0.6 is 0 Å². The summed E-state index contributed by atoms with van der Waals surface area (Å²) in [6.45, 7) is 11.3. The van der Waals surface area contributed by atoms with Crippen molar-refractivity contribution in [3.05, 3.63) is 85.5 Å². The third-order valence-corrected chi connectivity index (χ3v) is 5.31. The van der Waals surface area contributed by atoms with Gasteiger partial charge < -0.3 is 19.3 Å². The number of hydrogen-bond acceptors (Lipinski definition) is 6. The fourth-order valence-electron chi connectivity index (χ4n) is 3.56. The van der Waals surface area contributed by atoms with E-state index in [0.29, 0.717) is 17.9 Å². The van der Waals surface area contributed by atoms with Crippen molar-refractivity contribution in [3.63, 3.8) is 0 Å². The molecule has 3 rings (SSSR count). The van der Waals surface area contributed by atoms with Gasteiger partial charge in [-0.2, -0.15) is 0 Å². The van der Waals surface area contributed by atoms with Gasteiger partial charge in [-0.15, -0.1) is 0 Å². The van der Waals surface area contributed by atoms with Gasteiger partial charge in [0.25, 0.3) is 0 Å². The summed E-state index contributed by atoms with van der Waals surface area (Å²) < 4.78 is 10.7. The summed E-state index contributed by atoms with van der Waals surface area (Å²) in [4.78, 5) is 27.7. The molecule has 0 fully saturated rings. The van der Waals surface area contributed by atoms with Gasteiger partial charge in [0.2, 0.25) is 0 Å². The summed E-state index contributed by atoms with van der Waals surface area (Å²) in [5.74, 6) is 0.101. The summed E-state index contributed by atoms with van der Waals surface area (Å²) in [5, 5.41) is 0. The molecular formula is C28H30N2O4. The van der Waals surface area contributed by atoms with E-state index < -0.39 is 5.97 Å². The highest BCUT2D eigenvalue weighted by Crippen LogP contribution is 2.37. The van der Waals surface area contributed by atoms with Crippen LogP contribution in [-0.4, -0.2) is 25.0 Å². The molecule has 0 aliphatic carbocycles. The SMILES string of the molecule is C=CC(=O)Oc1ccc(N(c2ccc(N(CC)CC)cc2)c2cccc(OC(=O)CC)c2)cc1. The van der Waals surface area contributed by atoms with Crippen LogP contribution in [0.4, 0.5) is 22.7 Å². The van der Waals surface area contributed by atoms with E-state index in [1.165, 1.54) is 0 Å². The van der Waals surface area contributed by atoms with Gasteiger partial charge in [0.15, 0.2) is 0 Å². The Morgan fingerprint density at radius 3 is 1.91 bits per heavy atom. The number of hydrogen-bond donors (Lipinski definition) is 0. The van der Waals surface area contributed by atoms with Crippen molar-refractivity contribution in [2.75, 3.05) is 22.9 Å². The fraction of sp³-hybridized carbons (Fsp3) is 0.214. The normalized spacial score (nSPS) is 10.3. The molecule has 34 heavy (non-hydrogen) atoms. The van der Waals surface area contributed by atoms with Crippen LogP contribution in [0, 0.1) is 0 Å². The molecule has 0 aromatic heterocycles. The first kappa shape index (κ1) is 24.6. The average molecular weight is 459 g/mol. The van der Waals surface area contributed by atoms with Gasteiger partial charge in [0.1, 0.15) is 11.5 Å². The Kier molecular flexibility index (Phi) is 8.46. The second kappa shape index (κ2) is 11.7. The number of nitrogens with zero attached hydrogens (tertiary/aromatic N) is 2. The highest BCUT2D eigenvalue weighted by Gasteiger charge is 2.15. The number of carbonyl (C=O) groups is 2. The molecule has 0 aliphatic rings. The number of carbonyl (C=O) groups excluding carboxylic acids is 2. The van der Waals surface area contributed by atoms with E-state index in [0.717, 1.165) is 41.9 Å². The number of ether oxygens (including phenoxy) is 2. The molecule has 0 heterocycles. The Hall–Kier alpha value is -4.06. The van der Waals surface area contributed by atoms with Gasteiger partial charge in [-0.1, -0.05) is 19.6 Å². The summed E-state index contributed by atoms with van der Waals surface area (Å²) in [5.41, 5.74) is 3.76. The highest BCUT2D eigenvalue weighted by molar-refractivity contribution is 5.84. The molecule has 0 atom stereocenters. The van der Waals surface area contributed by atoms with Crippen molar-refractivity contribution in [1.29, 1.82) is 0 Å². The quantitative estimate of drug-likeness (QED) is 0.199. The van der Waals surface area contributed by atoms with Gasteiger partial charge >= 0.3 is 11.9 Å². The van der Waals surface area contributed by atoms with Crippen LogP contribution in [0.1, 0.15) is 27.2 Å². The maximum atomic E-state index is 11.8. The Bertz CT molecular complexity index is 1120. The lowest BCUT2D eigenvalue weighted by Crippen LogP contribution is -2.21. The minimum absolute atomic E-state index is 0.291. The molecule has 6 heteroatoms. The van der Waals surface area contributed by atoms with Crippen LogP contribution in [0.2, 0.25) is 0 Å². The first-order valence-corrected chi connectivity index (χ1v) is 11.4. The van der Waals surface area contributed by atoms with E-state index in [-0.39, 0.29) is 5.97 Å². The Labute approximate surface area is 201 Å². The molecule has 0 saturated carbocycles. The average Bonchev–Trinajstić information content (AvgIpc) is 2.87. The second-order valence-electron chi connectivity index (χ2n) is 7.47. The van der Waals surface area contributed by atoms with Crippen molar-refractivity contribution < 1.29 is 19.1 Å². The van der Waals surface area contributed by atoms with Gasteiger partial charge in [-0.25, -0.2) is 4.79 Å². The molecule has 3 aromatic carbocycles. The highest BCUT2D eigenvalue weighted by atomic mass is 16.5. The van der Waals surface area contributed by atoms with Gasteiger partial charge in [0.05, 0.1) is 0 Å². The van der Waals surface area contributed by atoms with Crippen LogP contribution in [0.15, 0.2) is 85.5 Å².